The Labute approximate surface area is 101 Å². The first-order chi connectivity index (χ1) is 7.61. The van der Waals surface area contributed by atoms with E-state index in [1.807, 2.05) is 0 Å². The SMILES string of the molecule is CCC(C)Cc1cccc(CCC(C)C)c1. The first kappa shape index (κ1) is 13.3. The van der Waals surface area contributed by atoms with Crippen LogP contribution in [0.4, 0.5) is 0 Å². The van der Waals surface area contributed by atoms with Crippen molar-refractivity contribution >= 4 is 0 Å². The fraction of sp³-hybridized carbons (Fsp3) is 0.625. The van der Waals surface area contributed by atoms with Gasteiger partial charge in [0.05, 0.1) is 0 Å². The lowest BCUT2D eigenvalue weighted by Gasteiger charge is -2.10. The largest absolute Gasteiger partial charge is 0.0651 e. The number of rotatable bonds is 6. The molecule has 0 radical (unpaired) electrons. The Kier molecular flexibility index (Phi) is 5.59. The quantitative estimate of drug-likeness (QED) is 0.639. The zero-order valence-corrected chi connectivity index (χ0v) is 11.3. The Morgan fingerprint density at radius 1 is 1.06 bits per heavy atom. The maximum atomic E-state index is 2.40. The monoisotopic (exact) mass is 218 g/mol. The highest BCUT2D eigenvalue weighted by molar-refractivity contribution is 5.24. The standard InChI is InChI=1S/C16H26/c1-5-14(4)11-16-8-6-7-15(12-16)10-9-13(2)3/h6-8,12-14H,5,9-11H2,1-4H3. The molecule has 16 heavy (non-hydrogen) atoms. The van der Waals surface area contributed by atoms with Crippen LogP contribution in [-0.4, -0.2) is 0 Å². The Morgan fingerprint density at radius 2 is 1.75 bits per heavy atom. The minimum Gasteiger partial charge on any atom is -0.0651 e. The second-order valence-corrected chi connectivity index (χ2v) is 5.47. The minimum atomic E-state index is 0.804. The molecule has 1 atom stereocenters. The fourth-order valence-corrected chi connectivity index (χ4v) is 1.91. The van der Waals surface area contributed by atoms with Crippen molar-refractivity contribution in [2.75, 3.05) is 0 Å². The summed E-state index contributed by atoms with van der Waals surface area (Å²) in [5.74, 6) is 1.61. The molecule has 0 aliphatic rings. The summed E-state index contributed by atoms with van der Waals surface area (Å²) in [4.78, 5) is 0. The van der Waals surface area contributed by atoms with E-state index < -0.39 is 0 Å². The maximum Gasteiger partial charge on any atom is -0.0253 e. The summed E-state index contributed by atoms with van der Waals surface area (Å²) in [6.07, 6.45) is 5.03. The lowest BCUT2D eigenvalue weighted by molar-refractivity contribution is 0.558. The van der Waals surface area contributed by atoms with Crippen molar-refractivity contribution in [3.05, 3.63) is 35.4 Å². The van der Waals surface area contributed by atoms with Gasteiger partial charge in [-0.25, -0.2) is 0 Å². The van der Waals surface area contributed by atoms with Crippen molar-refractivity contribution < 1.29 is 0 Å². The average Bonchev–Trinajstić information content (AvgIpc) is 2.26. The molecule has 0 aliphatic heterocycles. The van der Waals surface area contributed by atoms with Crippen LogP contribution in [0.2, 0.25) is 0 Å². The average molecular weight is 218 g/mol. The summed E-state index contributed by atoms with van der Waals surface area (Å²) >= 11 is 0. The Hall–Kier alpha value is -0.780. The van der Waals surface area contributed by atoms with Gasteiger partial charge in [-0.15, -0.1) is 0 Å². The molecule has 0 bridgehead atoms. The van der Waals surface area contributed by atoms with E-state index in [0.717, 1.165) is 11.8 Å². The van der Waals surface area contributed by atoms with Gasteiger partial charge in [0.25, 0.3) is 0 Å². The fourth-order valence-electron chi connectivity index (χ4n) is 1.91. The molecule has 0 heteroatoms. The molecule has 1 rings (SSSR count). The van der Waals surface area contributed by atoms with Crippen LogP contribution in [0.3, 0.4) is 0 Å². The third kappa shape index (κ3) is 4.83. The van der Waals surface area contributed by atoms with Crippen LogP contribution in [0.5, 0.6) is 0 Å². The Bertz CT molecular complexity index is 299. The summed E-state index contributed by atoms with van der Waals surface area (Å²) in [7, 11) is 0. The van der Waals surface area contributed by atoms with Gasteiger partial charge in [-0.3, -0.25) is 0 Å². The second kappa shape index (κ2) is 6.73. The van der Waals surface area contributed by atoms with Crippen molar-refractivity contribution in [2.24, 2.45) is 11.8 Å². The van der Waals surface area contributed by atoms with Crippen LogP contribution >= 0.6 is 0 Å². The molecule has 1 aromatic carbocycles. The zero-order valence-electron chi connectivity index (χ0n) is 11.3. The minimum absolute atomic E-state index is 0.804. The molecule has 90 valence electrons. The molecule has 0 spiro atoms. The smallest absolute Gasteiger partial charge is 0.0253 e. The molecule has 0 amide bonds. The summed E-state index contributed by atoms with van der Waals surface area (Å²) < 4.78 is 0. The number of aryl methyl sites for hydroxylation is 1. The highest BCUT2D eigenvalue weighted by Crippen LogP contribution is 2.15. The van der Waals surface area contributed by atoms with Crippen LogP contribution in [0, 0.1) is 11.8 Å². The van der Waals surface area contributed by atoms with Crippen molar-refractivity contribution in [1.82, 2.24) is 0 Å². The molecular formula is C16H26. The normalized spacial score (nSPS) is 13.1. The predicted molar refractivity (Wildman–Crippen MR) is 72.8 cm³/mol. The third-order valence-corrected chi connectivity index (χ3v) is 3.28. The molecule has 0 fully saturated rings. The molecule has 0 saturated carbocycles. The van der Waals surface area contributed by atoms with E-state index in [2.05, 4.69) is 52.0 Å². The van der Waals surface area contributed by atoms with Gasteiger partial charge in [-0.2, -0.15) is 0 Å². The van der Waals surface area contributed by atoms with E-state index in [1.54, 1.807) is 0 Å². The van der Waals surface area contributed by atoms with Crippen molar-refractivity contribution in [3.63, 3.8) is 0 Å². The summed E-state index contributed by atoms with van der Waals surface area (Å²) in [5, 5.41) is 0. The molecule has 1 unspecified atom stereocenters. The Balaban J connectivity index is 2.56. The van der Waals surface area contributed by atoms with Crippen molar-refractivity contribution in [3.8, 4) is 0 Å². The van der Waals surface area contributed by atoms with E-state index in [4.69, 9.17) is 0 Å². The van der Waals surface area contributed by atoms with Crippen molar-refractivity contribution in [1.29, 1.82) is 0 Å². The molecule has 0 aliphatic carbocycles. The van der Waals surface area contributed by atoms with Gasteiger partial charge in [0.1, 0.15) is 0 Å². The highest BCUT2D eigenvalue weighted by atomic mass is 14.1. The number of hydrogen-bond acceptors (Lipinski definition) is 0. The van der Waals surface area contributed by atoms with Crippen LogP contribution in [0.1, 0.15) is 51.7 Å². The first-order valence-corrected chi connectivity index (χ1v) is 6.69. The second-order valence-electron chi connectivity index (χ2n) is 5.47. The van der Waals surface area contributed by atoms with Gasteiger partial charge in [-0.05, 0) is 42.2 Å². The highest BCUT2D eigenvalue weighted by Gasteiger charge is 2.02. The molecule has 0 heterocycles. The first-order valence-electron chi connectivity index (χ1n) is 6.69. The van der Waals surface area contributed by atoms with Crippen LogP contribution < -0.4 is 0 Å². The summed E-state index contributed by atoms with van der Waals surface area (Å²) in [6.45, 7) is 9.19. The van der Waals surface area contributed by atoms with Crippen LogP contribution in [0.15, 0.2) is 24.3 Å². The lowest BCUT2D eigenvalue weighted by Crippen LogP contribution is -1.99. The van der Waals surface area contributed by atoms with Crippen LogP contribution in [0.25, 0.3) is 0 Å². The third-order valence-electron chi connectivity index (χ3n) is 3.28. The number of hydrogen-bond donors (Lipinski definition) is 0. The molecule has 0 nitrogen and oxygen atoms in total. The number of benzene rings is 1. The molecule has 0 N–H and O–H groups in total. The van der Waals surface area contributed by atoms with Gasteiger partial charge in [0.15, 0.2) is 0 Å². The topological polar surface area (TPSA) is 0 Å². The van der Waals surface area contributed by atoms with Crippen LogP contribution in [-0.2, 0) is 12.8 Å². The molecular weight excluding hydrogens is 192 g/mol. The maximum absolute atomic E-state index is 2.40. The zero-order chi connectivity index (χ0) is 12.0. The van der Waals surface area contributed by atoms with Gasteiger partial charge in [-0.1, -0.05) is 58.4 Å². The van der Waals surface area contributed by atoms with E-state index in [0.29, 0.717) is 0 Å². The Morgan fingerprint density at radius 3 is 2.38 bits per heavy atom. The van der Waals surface area contributed by atoms with Gasteiger partial charge in [0.2, 0.25) is 0 Å². The van der Waals surface area contributed by atoms with E-state index >= 15 is 0 Å². The van der Waals surface area contributed by atoms with Gasteiger partial charge in [0, 0.05) is 0 Å². The van der Waals surface area contributed by atoms with Gasteiger partial charge >= 0.3 is 0 Å². The predicted octanol–water partition coefficient (Wildman–Crippen LogP) is 4.86. The van der Waals surface area contributed by atoms with Crippen molar-refractivity contribution in [2.45, 2.75) is 53.4 Å². The summed E-state index contributed by atoms with van der Waals surface area (Å²) in [6, 6.07) is 9.15. The van der Waals surface area contributed by atoms with E-state index in [1.165, 1.54) is 36.8 Å². The molecule has 1 aromatic rings. The molecule has 0 aromatic heterocycles. The van der Waals surface area contributed by atoms with E-state index in [9.17, 15) is 0 Å². The summed E-state index contributed by atoms with van der Waals surface area (Å²) in [5.41, 5.74) is 3.02. The molecule has 0 saturated heterocycles. The van der Waals surface area contributed by atoms with E-state index in [-0.39, 0.29) is 0 Å². The van der Waals surface area contributed by atoms with Gasteiger partial charge < -0.3 is 0 Å². The lowest BCUT2D eigenvalue weighted by atomic mass is 9.95.